The zero-order valence-electron chi connectivity index (χ0n) is 12.4. The zero-order valence-corrected chi connectivity index (χ0v) is 13.4. The van der Waals surface area contributed by atoms with E-state index >= 15 is 0 Å². The molecule has 1 heteroatoms. The van der Waals surface area contributed by atoms with E-state index in [2.05, 4.69) is 69.3 Å². The summed E-state index contributed by atoms with van der Waals surface area (Å²) >= 11 is 0. The standard InChI is InChI=1S/C19H20Si/c1-13-7-6-8-16(15(13)3)12-20-19-11-14(2)17-9-4-5-10-18(17)19/h4-11,14H,12H2,1-3H3. The fourth-order valence-corrected chi connectivity index (χ4v) is 4.47. The maximum Gasteiger partial charge on any atom is 0.0860 e. The van der Waals surface area contributed by atoms with E-state index in [9.17, 15) is 0 Å². The van der Waals surface area contributed by atoms with Crippen molar-refractivity contribution >= 4 is 14.7 Å². The molecule has 0 saturated heterocycles. The second-order valence-electron chi connectivity index (χ2n) is 5.67. The van der Waals surface area contributed by atoms with Crippen molar-refractivity contribution < 1.29 is 0 Å². The van der Waals surface area contributed by atoms with E-state index in [1.165, 1.54) is 33.9 Å². The normalized spacial score (nSPS) is 16.9. The quantitative estimate of drug-likeness (QED) is 0.715. The lowest BCUT2D eigenvalue weighted by molar-refractivity contribution is 0.990. The number of hydrogen-bond donors (Lipinski definition) is 0. The first-order valence-corrected chi connectivity index (χ1v) is 8.47. The van der Waals surface area contributed by atoms with E-state index in [-0.39, 0.29) is 0 Å². The summed E-state index contributed by atoms with van der Waals surface area (Å²) in [5.74, 6) is 0.576. The Morgan fingerprint density at radius 2 is 1.80 bits per heavy atom. The second-order valence-corrected chi connectivity index (χ2v) is 6.91. The molecule has 0 bridgehead atoms. The van der Waals surface area contributed by atoms with Gasteiger partial charge in [-0.2, -0.15) is 0 Å². The third-order valence-corrected chi connectivity index (χ3v) is 5.72. The highest BCUT2D eigenvalue weighted by molar-refractivity contribution is 6.61. The number of rotatable bonds is 3. The fourth-order valence-electron chi connectivity index (χ4n) is 2.92. The van der Waals surface area contributed by atoms with Crippen molar-refractivity contribution in [2.45, 2.75) is 32.7 Å². The highest BCUT2D eigenvalue weighted by Gasteiger charge is 2.19. The third-order valence-electron chi connectivity index (χ3n) is 4.34. The molecule has 0 heterocycles. The van der Waals surface area contributed by atoms with Gasteiger partial charge in [-0.25, -0.2) is 0 Å². The van der Waals surface area contributed by atoms with Gasteiger partial charge in [-0.15, -0.1) is 0 Å². The molecule has 0 fully saturated rings. The molecule has 0 aliphatic heterocycles. The average molecular weight is 276 g/mol. The molecule has 0 N–H and O–H groups in total. The second kappa shape index (κ2) is 5.41. The Morgan fingerprint density at radius 3 is 2.65 bits per heavy atom. The molecule has 1 aliphatic rings. The van der Waals surface area contributed by atoms with E-state index < -0.39 is 0 Å². The summed E-state index contributed by atoms with van der Waals surface area (Å²) in [6.07, 6.45) is 2.45. The van der Waals surface area contributed by atoms with Gasteiger partial charge in [-0.1, -0.05) is 60.7 Å². The van der Waals surface area contributed by atoms with Gasteiger partial charge in [0.25, 0.3) is 0 Å². The van der Waals surface area contributed by atoms with Crippen LogP contribution in [0.1, 0.15) is 40.7 Å². The van der Waals surface area contributed by atoms with Gasteiger partial charge in [0.1, 0.15) is 0 Å². The molecular weight excluding hydrogens is 256 g/mol. The molecule has 1 atom stereocenters. The summed E-state index contributed by atoms with van der Waals surface area (Å²) in [4.78, 5) is 0. The minimum absolute atomic E-state index is 0.576. The van der Waals surface area contributed by atoms with Crippen LogP contribution in [0.25, 0.3) is 5.20 Å². The van der Waals surface area contributed by atoms with Crippen LogP contribution >= 0.6 is 0 Å². The molecule has 2 aromatic rings. The summed E-state index contributed by atoms with van der Waals surface area (Å²) in [7, 11) is 0.870. The molecule has 0 aromatic heterocycles. The minimum atomic E-state index is 0.576. The van der Waals surface area contributed by atoms with Crippen LogP contribution in [0, 0.1) is 13.8 Å². The predicted molar refractivity (Wildman–Crippen MR) is 88.2 cm³/mol. The van der Waals surface area contributed by atoms with Gasteiger partial charge in [0, 0.05) is 0 Å². The Balaban J connectivity index is 1.80. The lowest BCUT2D eigenvalue weighted by atomic mass is 10.0. The SMILES string of the molecule is Cc1cccc(C[Si]C2=CC(C)c3ccccc32)c1C. The van der Waals surface area contributed by atoms with Gasteiger partial charge in [0.15, 0.2) is 0 Å². The van der Waals surface area contributed by atoms with Crippen LogP contribution in [0.2, 0.25) is 0 Å². The van der Waals surface area contributed by atoms with Crippen LogP contribution in [0.3, 0.4) is 0 Å². The Labute approximate surface area is 124 Å². The Hall–Kier alpha value is -1.60. The van der Waals surface area contributed by atoms with Gasteiger partial charge >= 0.3 is 0 Å². The molecule has 100 valence electrons. The first kappa shape index (κ1) is 13.4. The number of allylic oxidation sites excluding steroid dienone is 1. The van der Waals surface area contributed by atoms with Crippen molar-refractivity contribution in [3.63, 3.8) is 0 Å². The molecule has 0 spiro atoms. The van der Waals surface area contributed by atoms with E-state index in [0.717, 1.165) is 9.52 Å². The fraction of sp³-hybridized carbons (Fsp3) is 0.263. The van der Waals surface area contributed by atoms with Crippen LogP contribution in [0.4, 0.5) is 0 Å². The molecule has 1 aliphatic carbocycles. The van der Waals surface area contributed by atoms with Crippen LogP contribution in [0.5, 0.6) is 0 Å². The van der Waals surface area contributed by atoms with E-state index in [0.29, 0.717) is 5.92 Å². The summed E-state index contributed by atoms with van der Waals surface area (Å²) in [6, 6.07) is 16.7. The van der Waals surface area contributed by atoms with Crippen molar-refractivity contribution in [2.24, 2.45) is 0 Å². The molecule has 0 nitrogen and oxygen atoms in total. The van der Waals surface area contributed by atoms with Crippen molar-refractivity contribution in [1.82, 2.24) is 0 Å². The first-order chi connectivity index (χ1) is 9.66. The molecule has 20 heavy (non-hydrogen) atoms. The summed E-state index contributed by atoms with van der Waals surface area (Å²) < 4.78 is 0. The summed E-state index contributed by atoms with van der Waals surface area (Å²) in [5, 5.41) is 1.55. The van der Waals surface area contributed by atoms with Gasteiger partial charge < -0.3 is 0 Å². The van der Waals surface area contributed by atoms with E-state index in [1.54, 1.807) is 5.20 Å². The number of fused-ring (bicyclic) bond motifs is 1. The van der Waals surface area contributed by atoms with Gasteiger partial charge in [-0.05, 0) is 53.6 Å². The minimum Gasteiger partial charge on any atom is -0.0779 e. The smallest absolute Gasteiger partial charge is 0.0779 e. The van der Waals surface area contributed by atoms with Crippen LogP contribution in [-0.2, 0) is 6.04 Å². The average Bonchev–Trinajstić information content (AvgIpc) is 2.78. The van der Waals surface area contributed by atoms with Crippen molar-refractivity contribution in [2.75, 3.05) is 0 Å². The topological polar surface area (TPSA) is 0 Å². The monoisotopic (exact) mass is 276 g/mol. The van der Waals surface area contributed by atoms with Gasteiger partial charge in [0.2, 0.25) is 0 Å². The van der Waals surface area contributed by atoms with Crippen LogP contribution in [0.15, 0.2) is 48.5 Å². The number of benzene rings is 2. The molecule has 2 radical (unpaired) electrons. The third kappa shape index (κ3) is 2.38. The molecular formula is C19H20Si. The zero-order chi connectivity index (χ0) is 14.1. The number of aryl methyl sites for hydroxylation is 1. The van der Waals surface area contributed by atoms with Crippen LogP contribution < -0.4 is 0 Å². The first-order valence-electron chi connectivity index (χ1n) is 7.27. The van der Waals surface area contributed by atoms with Crippen molar-refractivity contribution in [3.05, 3.63) is 76.4 Å². The van der Waals surface area contributed by atoms with Crippen LogP contribution in [-0.4, -0.2) is 9.52 Å². The molecule has 3 rings (SSSR count). The Morgan fingerprint density at radius 1 is 1.00 bits per heavy atom. The molecule has 1 unspecified atom stereocenters. The van der Waals surface area contributed by atoms with Gasteiger partial charge in [0.05, 0.1) is 9.52 Å². The largest absolute Gasteiger partial charge is 0.0860 e. The maximum atomic E-state index is 2.45. The summed E-state index contributed by atoms with van der Waals surface area (Å²) in [6.45, 7) is 6.75. The summed E-state index contributed by atoms with van der Waals surface area (Å²) in [5.41, 5.74) is 7.34. The lowest BCUT2D eigenvalue weighted by Crippen LogP contribution is -2.02. The molecule has 2 aromatic carbocycles. The van der Waals surface area contributed by atoms with E-state index in [1.807, 2.05) is 0 Å². The Kier molecular flexibility index (Phi) is 3.62. The lowest BCUT2D eigenvalue weighted by Gasteiger charge is -2.09. The Bertz CT molecular complexity index is 667. The van der Waals surface area contributed by atoms with Crippen molar-refractivity contribution in [1.29, 1.82) is 0 Å². The highest BCUT2D eigenvalue weighted by Crippen LogP contribution is 2.35. The highest BCUT2D eigenvalue weighted by atomic mass is 28.2. The molecule has 0 amide bonds. The van der Waals surface area contributed by atoms with Gasteiger partial charge in [-0.3, -0.25) is 0 Å². The number of hydrogen-bond acceptors (Lipinski definition) is 0. The van der Waals surface area contributed by atoms with E-state index in [4.69, 9.17) is 0 Å². The van der Waals surface area contributed by atoms with Crippen molar-refractivity contribution in [3.8, 4) is 0 Å². The predicted octanol–water partition coefficient (Wildman–Crippen LogP) is 4.67. The molecule has 0 saturated carbocycles. The maximum absolute atomic E-state index is 2.45.